The van der Waals surface area contributed by atoms with E-state index in [4.69, 9.17) is 4.74 Å². The molecular formula is C19H22FNO. The fourth-order valence-corrected chi connectivity index (χ4v) is 3.13. The molecule has 3 heteroatoms. The van der Waals surface area contributed by atoms with E-state index in [1.807, 2.05) is 12.1 Å². The molecule has 22 heavy (non-hydrogen) atoms. The molecule has 0 atom stereocenters. The minimum atomic E-state index is -0.190. The van der Waals surface area contributed by atoms with Crippen molar-refractivity contribution in [1.82, 2.24) is 5.32 Å². The Morgan fingerprint density at radius 3 is 2.41 bits per heavy atom. The van der Waals surface area contributed by atoms with Gasteiger partial charge in [-0.25, -0.2) is 4.39 Å². The largest absolute Gasteiger partial charge is 0.381 e. The predicted octanol–water partition coefficient (Wildman–Crippen LogP) is 3.93. The third-order valence-electron chi connectivity index (χ3n) is 4.62. The van der Waals surface area contributed by atoms with E-state index in [0.29, 0.717) is 0 Å². The van der Waals surface area contributed by atoms with Crippen molar-refractivity contribution in [1.29, 1.82) is 0 Å². The fraction of sp³-hybridized carbons (Fsp3) is 0.368. The first-order valence-corrected chi connectivity index (χ1v) is 7.83. The van der Waals surface area contributed by atoms with E-state index in [9.17, 15) is 4.39 Å². The minimum Gasteiger partial charge on any atom is -0.381 e. The molecule has 1 heterocycles. The van der Waals surface area contributed by atoms with Crippen molar-refractivity contribution in [2.75, 3.05) is 13.2 Å². The maximum atomic E-state index is 13.2. The van der Waals surface area contributed by atoms with Gasteiger partial charge in [0.1, 0.15) is 5.82 Å². The van der Waals surface area contributed by atoms with Gasteiger partial charge in [-0.2, -0.15) is 0 Å². The van der Waals surface area contributed by atoms with Crippen LogP contribution in [0.15, 0.2) is 48.5 Å². The summed E-state index contributed by atoms with van der Waals surface area (Å²) in [5.41, 5.74) is 3.60. The van der Waals surface area contributed by atoms with Crippen LogP contribution in [0.25, 0.3) is 0 Å². The van der Waals surface area contributed by atoms with Crippen molar-refractivity contribution in [3.05, 3.63) is 71.0 Å². The molecule has 2 aromatic carbocycles. The predicted molar refractivity (Wildman–Crippen MR) is 86.1 cm³/mol. The Bertz CT molecular complexity index is 618. The number of nitrogens with one attached hydrogen (secondary N) is 1. The summed E-state index contributed by atoms with van der Waals surface area (Å²) in [6, 6.07) is 15.3. The number of rotatable bonds is 4. The fourth-order valence-electron chi connectivity index (χ4n) is 3.13. The number of benzene rings is 2. The van der Waals surface area contributed by atoms with Crippen LogP contribution in [-0.4, -0.2) is 13.2 Å². The molecule has 1 N–H and O–H groups in total. The van der Waals surface area contributed by atoms with Gasteiger partial charge in [0, 0.05) is 25.3 Å². The van der Waals surface area contributed by atoms with Crippen molar-refractivity contribution < 1.29 is 9.13 Å². The van der Waals surface area contributed by atoms with Gasteiger partial charge >= 0.3 is 0 Å². The van der Waals surface area contributed by atoms with Crippen LogP contribution in [-0.2, 0) is 16.8 Å². The standard InChI is InChI=1S/C19H22FNO/c1-15-4-2-3-5-16(15)14-21-19(10-12-22-13-11-19)17-6-8-18(20)9-7-17/h2-9,21H,10-14H2,1H3. The second-order valence-corrected chi connectivity index (χ2v) is 5.98. The quantitative estimate of drug-likeness (QED) is 0.923. The van der Waals surface area contributed by atoms with Gasteiger partial charge in [0.25, 0.3) is 0 Å². The average molecular weight is 299 g/mol. The van der Waals surface area contributed by atoms with Gasteiger partial charge in [-0.05, 0) is 48.6 Å². The van der Waals surface area contributed by atoms with Gasteiger partial charge in [-0.15, -0.1) is 0 Å². The van der Waals surface area contributed by atoms with Gasteiger partial charge in [-0.1, -0.05) is 36.4 Å². The Morgan fingerprint density at radius 2 is 1.73 bits per heavy atom. The van der Waals surface area contributed by atoms with Crippen molar-refractivity contribution in [3.63, 3.8) is 0 Å². The van der Waals surface area contributed by atoms with Crippen molar-refractivity contribution in [3.8, 4) is 0 Å². The molecule has 3 rings (SSSR count). The van der Waals surface area contributed by atoms with Crippen LogP contribution in [0.4, 0.5) is 4.39 Å². The maximum absolute atomic E-state index is 13.2. The molecule has 0 spiro atoms. The van der Waals surface area contributed by atoms with Crippen molar-refractivity contribution in [2.45, 2.75) is 31.8 Å². The summed E-state index contributed by atoms with van der Waals surface area (Å²) in [4.78, 5) is 0. The molecule has 0 unspecified atom stereocenters. The van der Waals surface area contributed by atoms with E-state index < -0.39 is 0 Å². The number of hydrogen-bond donors (Lipinski definition) is 1. The van der Waals surface area contributed by atoms with Gasteiger partial charge in [-0.3, -0.25) is 0 Å². The van der Waals surface area contributed by atoms with E-state index in [-0.39, 0.29) is 11.4 Å². The molecule has 1 aliphatic rings. The van der Waals surface area contributed by atoms with Crippen LogP contribution in [0, 0.1) is 12.7 Å². The SMILES string of the molecule is Cc1ccccc1CNC1(c2ccc(F)cc2)CCOCC1. The van der Waals surface area contributed by atoms with E-state index in [0.717, 1.165) is 38.2 Å². The summed E-state index contributed by atoms with van der Waals surface area (Å²) < 4.78 is 18.8. The Balaban J connectivity index is 1.83. The first kappa shape index (κ1) is 15.2. The van der Waals surface area contributed by atoms with E-state index in [1.165, 1.54) is 11.1 Å². The van der Waals surface area contributed by atoms with Crippen LogP contribution < -0.4 is 5.32 Å². The lowest BCUT2D eigenvalue weighted by Crippen LogP contribution is -2.46. The Hall–Kier alpha value is -1.71. The summed E-state index contributed by atoms with van der Waals surface area (Å²) in [5.74, 6) is -0.190. The molecule has 2 aromatic rings. The number of aryl methyl sites for hydroxylation is 1. The van der Waals surface area contributed by atoms with Crippen molar-refractivity contribution >= 4 is 0 Å². The topological polar surface area (TPSA) is 21.3 Å². The lowest BCUT2D eigenvalue weighted by atomic mass is 9.82. The normalized spacial score (nSPS) is 17.4. The van der Waals surface area contributed by atoms with Crippen LogP contribution in [0.3, 0.4) is 0 Å². The molecule has 116 valence electrons. The maximum Gasteiger partial charge on any atom is 0.123 e. The summed E-state index contributed by atoms with van der Waals surface area (Å²) in [6.45, 7) is 4.41. The highest BCUT2D eigenvalue weighted by molar-refractivity contribution is 5.28. The molecule has 0 saturated carbocycles. The number of halogens is 1. The zero-order chi connectivity index (χ0) is 15.4. The number of ether oxygens (including phenoxy) is 1. The first-order valence-electron chi connectivity index (χ1n) is 7.83. The number of hydrogen-bond acceptors (Lipinski definition) is 2. The molecule has 1 aliphatic heterocycles. The molecule has 1 fully saturated rings. The molecule has 2 nitrogen and oxygen atoms in total. The lowest BCUT2D eigenvalue weighted by Gasteiger charge is -2.39. The second-order valence-electron chi connectivity index (χ2n) is 5.98. The Kier molecular flexibility index (Phi) is 4.55. The average Bonchev–Trinajstić information content (AvgIpc) is 2.56. The minimum absolute atomic E-state index is 0.131. The molecule has 0 amide bonds. The highest BCUT2D eigenvalue weighted by Gasteiger charge is 2.33. The summed E-state index contributed by atoms with van der Waals surface area (Å²) in [5, 5.41) is 3.73. The van der Waals surface area contributed by atoms with Gasteiger partial charge in [0.05, 0.1) is 0 Å². The summed E-state index contributed by atoms with van der Waals surface area (Å²) in [6.07, 6.45) is 1.81. The third-order valence-corrected chi connectivity index (χ3v) is 4.62. The molecule has 0 aromatic heterocycles. The smallest absolute Gasteiger partial charge is 0.123 e. The monoisotopic (exact) mass is 299 g/mol. The van der Waals surface area contributed by atoms with Crippen LogP contribution in [0.5, 0.6) is 0 Å². The molecule has 0 bridgehead atoms. The van der Waals surface area contributed by atoms with E-state index in [2.05, 4.69) is 36.5 Å². The Morgan fingerprint density at radius 1 is 1.05 bits per heavy atom. The lowest BCUT2D eigenvalue weighted by molar-refractivity contribution is 0.0357. The van der Waals surface area contributed by atoms with Gasteiger partial charge in [0.2, 0.25) is 0 Å². The molecule has 0 radical (unpaired) electrons. The summed E-state index contributed by atoms with van der Waals surface area (Å²) in [7, 11) is 0. The van der Waals surface area contributed by atoms with E-state index >= 15 is 0 Å². The second kappa shape index (κ2) is 6.59. The van der Waals surface area contributed by atoms with Crippen LogP contribution in [0.2, 0.25) is 0 Å². The molecule has 0 aliphatic carbocycles. The zero-order valence-electron chi connectivity index (χ0n) is 12.9. The van der Waals surface area contributed by atoms with Crippen LogP contribution in [0.1, 0.15) is 29.5 Å². The summed E-state index contributed by atoms with van der Waals surface area (Å²) >= 11 is 0. The van der Waals surface area contributed by atoms with Gasteiger partial charge in [0.15, 0.2) is 0 Å². The zero-order valence-corrected chi connectivity index (χ0v) is 12.9. The van der Waals surface area contributed by atoms with Gasteiger partial charge < -0.3 is 10.1 Å². The molecule has 1 saturated heterocycles. The Labute approximate surface area is 131 Å². The first-order chi connectivity index (χ1) is 10.7. The highest BCUT2D eigenvalue weighted by Crippen LogP contribution is 2.32. The van der Waals surface area contributed by atoms with Crippen molar-refractivity contribution in [2.24, 2.45) is 0 Å². The molecular weight excluding hydrogens is 277 g/mol. The highest BCUT2D eigenvalue weighted by atomic mass is 19.1. The third kappa shape index (κ3) is 3.21. The van der Waals surface area contributed by atoms with E-state index in [1.54, 1.807) is 12.1 Å². The van der Waals surface area contributed by atoms with Crippen LogP contribution >= 0.6 is 0 Å².